The van der Waals surface area contributed by atoms with Crippen LogP contribution in [0.3, 0.4) is 0 Å². The van der Waals surface area contributed by atoms with E-state index in [0.29, 0.717) is 6.42 Å². The Balaban J connectivity index is 3.19. The summed E-state index contributed by atoms with van der Waals surface area (Å²) in [6.07, 6.45) is 14.2. The van der Waals surface area contributed by atoms with Gasteiger partial charge in [-0.1, -0.05) is 51.4 Å². The average Bonchev–Trinajstić information content (AvgIpc) is 2.38. The number of hydrogen-bond donors (Lipinski definition) is 0. The summed E-state index contributed by atoms with van der Waals surface area (Å²) in [5.74, 6) is -0.0715. The molecule has 0 atom stereocenters. The molecule has 0 spiro atoms. The van der Waals surface area contributed by atoms with Gasteiger partial charge in [0, 0.05) is 12.8 Å². The third-order valence-corrected chi connectivity index (χ3v) is 3.37. The van der Waals surface area contributed by atoms with E-state index in [-0.39, 0.29) is 11.6 Å². The lowest BCUT2D eigenvalue weighted by molar-refractivity contribution is -0.154. The molecule has 0 fully saturated rings. The first-order chi connectivity index (χ1) is 9.95. The highest BCUT2D eigenvalue weighted by Crippen LogP contribution is 2.13. The zero-order valence-corrected chi connectivity index (χ0v) is 14.3. The molecule has 0 aliphatic carbocycles. The van der Waals surface area contributed by atoms with E-state index in [2.05, 4.69) is 0 Å². The molecule has 3 nitrogen and oxygen atoms in total. The highest BCUT2D eigenvalue weighted by Gasteiger charge is 2.15. The lowest BCUT2D eigenvalue weighted by atomic mass is 10.1. The average molecular weight is 298 g/mol. The van der Waals surface area contributed by atoms with E-state index in [9.17, 15) is 9.59 Å². The van der Waals surface area contributed by atoms with Crippen molar-refractivity contribution in [1.29, 1.82) is 0 Å². The van der Waals surface area contributed by atoms with Crippen molar-refractivity contribution in [3.63, 3.8) is 0 Å². The summed E-state index contributed by atoms with van der Waals surface area (Å²) in [5.41, 5.74) is -0.358. The Kier molecular flexibility index (Phi) is 12.3. The van der Waals surface area contributed by atoms with Gasteiger partial charge in [0.05, 0.1) is 0 Å². The summed E-state index contributed by atoms with van der Waals surface area (Å²) < 4.78 is 5.28. The molecule has 0 bridgehead atoms. The number of carbonyl (C=O) groups excluding carboxylic acids is 2. The van der Waals surface area contributed by atoms with E-state index in [1.54, 1.807) is 0 Å². The molecule has 124 valence electrons. The Hall–Kier alpha value is -0.860. The van der Waals surface area contributed by atoms with Crippen LogP contribution >= 0.6 is 0 Å². The zero-order chi connectivity index (χ0) is 16.0. The predicted octanol–water partition coefficient (Wildman–Crippen LogP) is 5.21. The molecule has 0 aliphatic rings. The highest BCUT2D eigenvalue weighted by molar-refractivity contribution is 5.69. The van der Waals surface area contributed by atoms with Crippen molar-refractivity contribution in [2.75, 3.05) is 0 Å². The molecule has 3 heteroatoms. The topological polar surface area (TPSA) is 43.4 Å². The second kappa shape index (κ2) is 12.8. The van der Waals surface area contributed by atoms with Crippen molar-refractivity contribution in [1.82, 2.24) is 0 Å². The lowest BCUT2D eigenvalue weighted by Crippen LogP contribution is -2.23. The van der Waals surface area contributed by atoms with Crippen LogP contribution in [0.15, 0.2) is 0 Å². The molecule has 21 heavy (non-hydrogen) atoms. The first kappa shape index (κ1) is 20.1. The summed E-state index contributed by atoms with van der Waals surface area (Å²) in [6, 6.07) is 0. The van der Waals surface area contributed by atoms with Crippen LogP contribution in [0.25, 0.3) is 0 Å². The Morgan fingerprint density at radius 1 is 0.810 bits per heavy atom. The molecule has 0 aromatic rings. The van der Waals surface area contributed by atoms with E-state index in [4.69, 9.17) is 4.74 Å². The molecule has 0 aromatic carbocycles. The molecule has 0 aromatic heterocycles. The highest BCUT2D eigenvalue weighted by atomic mass is 16.6. The van der Waals surface area contributed by atoms with Gasteiger partial charge in [0.25, 0.3) is 0 Å². The second-order valence-corrected chi connectivity index (χ2v) is 6.83. The molecular weight excluding hydrogens is 264 g/mol. The Morgan fingerprint density at radius 3 is 1.67 bits per heavy atom. The third-order valence-electron chi connectivity index (χ3n) is 3.37. The molecule has 0 saturated heterocycles. The van der Waals surface area contributed by atoms with Crippen LogP contribution in [-0.2, 0) is 14.3 Å². The maximum Gasteiger partial charge on any atom is 0.306 e. The van der Waals surface area contributed by atoms with Crippen molar-refractivity contribution in [2.24, 2.45) is 0 Å². The molecule has 0 saturated carbocycles. The molecule has 0 radical (unpaired) electrons. The minimum Gasteiger partial charge on any atom is -0.460 e. The number of esters is 1. The van der Waals surface area contributed by atoms with E-state index < -0.39 is 0 Å². The summed E-state index contributed by atoms with van der Waals surface area (Å²) in [7, 11) is 0. The quantitative estimate of drug-likeness (QED) is 0.266. The molecule has 0 N–H and O–H groups in total. The Morgan fingerprint density at radius 2 is 1.24 bits per heavy atom. The predicted molar refractivity (Wildman–Crippen MR) is 87.3 cm³/mol. The standard InChI is InChI=1S/C18H34O3/c1-18(2,3)21-17(20)15-13-11-9-7-5-4-6-8-10-12-14-16-19/h16H,4-15H2,1-3H3. The molecular formula is C18H34O3. The van der Waals surface area contributed by atoms with Crippen molar-refractivity contribution in [3.8, 4) is 0 Å². The van der Waals surface area contributed by atoms with E-state index in [0.717, 1.165) is 32.0 Å². The number of carbonyl (C=O) groups is 2. The number of aldehydes is 1. The van der Waals surface area contributed by atoms with Crippen LogP contribution in [0.4, 0.5) is 0 Å². The lowest BCUT2D eigenvalue weighted by Gasteiger charge is -2.19. The molecule has 0 unspecified atom stereocenters. The van der Waals surface area contributed by atoms with Gasteiger partial charge in [-0.05, 0) is 33.6 Å². The van der Waals surface area contributed by atoms with Crippen LogP contribution in [0.1, 0.15) is 97.8 Å². The largest absolute Gasteiger partial charge is 0.460 e. The monoisotopic (exact) mass is 298 g/mol. The Labute approximate surface area is 130 Å². The zero-order valence-electron chi connectivity index (χ0n) is 14.3. The fourth-order valence-corrected chi connectivity index (χ4v) is 2.30. The number of ether oxygens (including phenoxy) is 1. The van der Waals surface area contributed by atoms with Gasteiger partial charge in [0.15, 0.2) is 0 Å². The van der Waals surface area contributed by atoms with Gasteiger partial charge < -0.3 is 9.53 Å². The van der Waals surface area contributed by atoms with Crippen LogP contribution in [-0.4, -0.2) is 17.9 Å². The Bertz CT molecular complexity index is 266. The summed E-state index contributed by atoms with van der Waals surface area (Å²) in [6.45, 7) is 5.72. The third kappa shape index (κ3) is 17.1. The fourth-order valence-electron chi connectivity index (χ4n) is 2.30. The van der Waals surface area contributed by atoms with Crippen LogP contribution in [0.2, 0.25) is 0 Å². The number of hydrogen-bond acceptors (Lipinski definition) is 3. The van der Waals surface area contributed by atoms with Crippen molar-refractivity contribution >= 4 is 12.3 Å². The van der Waals surface area contributed by atoms with Crippen molar-refractivity contribution in [2.45, 2.75) is 103 Å². The van der Waals surface area contributed by atoms with Gasteiger partial charge in [-0.3, -0.25) is 4.79 Å². The summed E-state index contributed by atoms with van der Waals surface area (Å²) in [4.78, 5) is 21.6. The molecule has 0 rings (SSSR count). The second-order valence-electron chi connectivity index (χ2n) is 6.83. The van der Waals surface area contributed by atoms with E-state index >= 15 is 0 Å². The van der Waals surface area contributed by atoms with Gasteiger partial charge >= 0.3 is 5.97 Å². The van der Waals surface area contributed by atoms with Crippen LogP contribution < -0.4 is 0 Å². The van der Waals surface area contributed by atoms with E-state index in [1.807, 2.05) is 20.8 Å². The first-order valence-electron chi connectivity index (χ1n) is 8.61. The minimum atomic E-state index is -0.358. The summed E-state index contributed by atoms with van der Waals surface area (Å²) >= 11 is 0. The van der Waals surface area contributed by atoms with Crippen LogP contribution in [0, 0.1) is 0 Å². The molecule has 0 aliphatic heterocycles. The van der Waals surface area contributed by atoms with Crippen molar-refractivity contribution in [3.05, 3.63) is 0 Å². The smallest absolute Gasteiger partial charge is 0.306 e. The van der Waals surface area contributed by atoms with Crippen molar-refractivity contribution < 1.29 is 14.3 Å². The maximum atomic E-state index is 11.5. The van der Waals surface area contributed by atoms with Gasteiger partial charge in [0.1, 0.15) is 11.9 Å². The van der Waals surface area contributed by atoms with Gasteiger partial charge in [-0.2, -0.15) is 0 Å². The summed E-state index contributed by atoms with van der Waals surface area (Å²) in [5, 5.41) is 0. The van der Waals surface area contributed by atoms with Gasteiger partial charge in [-0.25, -0.2) is 0 Å². The molecule has 0 amide bonds. The van der Waals surface area contributed by atoms with Gasteiger partial charge in [-0.15, -0.1) is 0 Å². The molecule has 0 heterocycles. The number of rotatable bonds is 13. The normalized spacial score (nSPS) is 11.4. The van der Waals surface area contributed by atoms with Gasteiger partial charge in [0.2, 0.25) is 0 Å². The SMILES string of the molecule is CC(C)(C)OC(=O)CCCCCCCCCCCCC=O. The first-order valence-corrected chi connectivity index (χ1v) is 8.61. The number of unbranched alkanes of at least 4 members (excludes halogenated alkanes) is 10. The minimum absolute atomic E-state index is 0.0715. The maximum absolute atomic E-state index is 11.5. The van der Waals surface area contributed by atoms with Crippen LogP contribution in [0.5, 0.6) is 0 Å². The van der Waals surface area contributed by atoms with E-state index in [1.165, 1.54) is 44.9 Å². The fraction of sp³-hybridized carbons (Fsp3) is 0.889.